The first kappa shape index (κ1) is 10.7. The van der Waals surface area contributed by atoms with Crippen molar-refractivity contribution >= 4 is 18.8 Å². The van der Waals surface area contributed by atoms with E-state index in [0.717, 1.165) is 6.41 Å². The molecule has 1 amide bonds. The van der Waals surface area contributed by atoms with Crippen molar-refractivity contribution in [2.24, 2.45) is 5.73 Å². The van der Waals surface area contributed by atoms with Crippen molar-refractivity contribution in [1.29, 1.82) is 0 Å². The Morgan fingerprint density at radius 3 is 3.00 bits per heavy atom. The number of nitrogens with two attached hydrogens (primary N) is 1. The zero-order valence-electron chi connectivity index (χ0n) is 6.23. The maximum atomic E-state index is 10.3. The highest BCUT2D eigenvalue weighted by molar-refractivity contribution is 5.85. The molecule has 0 aromatic heterocycles. The molecule has 5 heteroatoms. The fraction of sp³-hybridized carbons (Fsp3) is 0.833. The number of ether oxygens (including phenoxy) is 1. The van der Waals surface area contributed by atoms with Gasteiger partial charge >= 0.3 is 0 Å². The molecule has 1 rings (SSSR count). The molecular formula is C6H13ClN2O2. The van der Waals surface area contributed by atoms with Crippen LogP contribution in [0.3, 0.4) is 0 Å². The second kappa shape index (κ2) is 5.35. The fourth-order valence-electron chi connectivity index (χ4n) is 0.980. The summed E-state index contributed by atoms with van der Waals surface area (Å²) in [6, 6.07) is 0. The summed E-state index contributed by atoms with van der Waals surface area (Å²) in [7, 11) is 0. The molecule has 1 unspecified atom stereocenters. The van der Waals surface area contributed by atoms with E-state index in [1.165, 1.54) is 0 Å². The van der Waals surface area contributed by atoms with Crippen LogP contribution in [0.15, 0.2) is 0 Å². The van der Waals surface area contributed by atoms with Crippen LogP contribution in [0.25, 0.3) is 0 Å². The van der Waals surface area contributed by atoms with Crippen LogP contribution in [0, 0.1) is 0 Å². The minimum atomic E-state index is 0. The lowest BCUT2D eigenvalue weighted by Crippen LogP contribution is -2.44. The standard InChI is InChI=1S/C6H12N2O2.ClH/c7-3-6-4-8(5-9)1-2-10-6;/h5-6H,1-4,7H2;1H. The van der Waals surface area contributed by atoms with Crippen LogP contribution in [-0.4, -0.2) is 43.7 Å². The van der Waals surface area contributed by atoms with Crippen molar-refractivity contribution < 1.29 is 9.53 Å². The highest BCUT2D eigenvalue weighted by atomic mass is 35.5. The summed E-state index contributed by atoms with van der Waals surface area (Å²) >= 11 is 0. The van der Waals surface area contributed by atoms with E-state index >= 15 is 0 Å². The Labute approximate surface area is 72.1 Å². The van der Waals surface area contributed by atoms with Gasteiger partial charge in [0.2, 0.25) is 6.41 Å². The molecule has 2 N–H and O–H groups in total. The van der Waals surface area contributed by atoms with E-state index in [1.54, 1.807) is 4.90 Å². The number of halogens is 1. The Bertz CT molecular complexity index is 123. The summed E-state index contributed by atoms with van der Waals surface area (Å²) in [5, 5.41) is 0. The van der Waals surface area contributed by atoms with Crippen LogP contribution < -0.4 is 5.73 Å². The molecule has 0 bridgehead atoms. The second-order valence-electron chi connectivity index (χ2n) is 2.33. The van der Waals surface area contributed by atoms with E-state index in [2.05, 4.69) is 0 Å². The Balaban J connectivity index is 0.000001000. The predicted octanol–water partition coefficient (Wildman–Crippen LogP) is -0.776. The molecular weight excluding hydrogens is 168 g/mol. The number of nitrogens with zero attached hydrogens (tertiary/aromatic N) is 1. The SMILES string of the molecule is Cl.NCC1CN(C=O)CCO1. The molecule has 0 radical (unpaired) electrons. The molecule has 4 nitrogen and oxygen atoms in total. The van der Waals surface area contributed by atoms with Crippen LogP contribution in [0.2, 0.25) is 0 Å². The van der Waals surface area contributed by atoms with Crippen molar-refractivity contribution in [1.82, 2.24) is 4.90 Å². The van der Waals surface area contributed by atoms with E-state index in [1.807, 2.05) is 0 Å². The third-order valence-electron chi connectivity index (χ3n) is 1.58. The van der Waals surface area contributed by atoms with Crippen LogP contribution in [0.4, 0.5) is 0 Å². The van der Waals surface area contributed by atoms with Crippen LogP contribution >= 0.6 is 12.4 Å². The second-order valence-corrected chi connectivity index (χ2v) is 2.33. The van der Waals surface area contributed by atoms with Crippen LogP contribution in [-0.2, 0) is 9.53 Å². The lowest BCUT2D eigenvalue weighted by atomic mass is 10.3. The average Bonchev–Trinajstić information content (AvgIpc) is 2.05. The van der Waals surface area contributed by atoms with Gasteiger partial charge in [-0.3, -0.25) is 4.79 Å². The summed E-state index contributed by atoms with van der Waals surface area (Å²) < 4.78 is 5.23. The summed E-state index contributed by atoms with van der Waals surface area (Å²) in [5.74, 6) is 0. The van der Waals surface area contributed by atoms with Gasteiger partial charge in [0.1, 0.15) is 0 Å². The quantitative estimate of drug-likeness (QED) is 0.568. The van der Waals surface area contributed by atoms with E-state index < -0.39 is 0 Å². The van der Waals surface area contributed by atoms with Gasteiger partial charge in [0, 0.05) is 19.6 Å². The van der Waals surface area contributed by atoms with Crippen LogP contribution in [0.1, 0.15) is 0 Å². The van der Waals surface area contributed by atoms with Gasteiger partial charge in [0.05, 0.1) is 12.7 Å². The average molecular weight is 181 g/mol. The third-order valence-corrected chi connectivity index (χ3v) is 1.58. The summed E-state index contributed by atoms with van der Waals surface area (Å²) in [6.45, 7) is 2.44. The Hall–Kier alpha value is -0.320. The molecule has 0 spiro atoms. The topological polar surface area (TPSA) is 55.6 Å². The van der Waals surface area contributed by atoms with Gasteiger partial charge in [-0.15, -0.1) is 12.4 Å². The third kappa shape index (κ3) is 3.05. The number of hydrogen-bond acceptors (Lipinski definition) is 3. The van der Waals surface area contributed by atoms with Gasteiger partial charge in [0.15, 0.2) is 0 Å². The van der Waals surface area contributed by atoms with E-state index in [-0.39, 0.29) is 18.5 Å². The largest absolute Gasteiger partial charge is 0.373 e. The van der Waals surface area contributed by atoms with Crippen LogP contribution in [0.5, 0.6) is 0 Å². The molecule has 1 aliphatic rings. The first-order valence-corrected chi connectivity index (χ1v) is 3.38. The maximum Gasteiger partial charge on any atom is 0.209 e. The summed E-state index contributed by atoms with van der Waals surface area (Å²) in [5.41, 5.74) is 5.35. The van der Waals surface area contributed by atoms with Gasteiger partial charge in [-0.25, -0.2) is 0 Å². The highest BCUT2D eigenvalue weighted by Crippen LogP contribution is 2.00. The van der Waals surface area contributed by atoms with Gasteiger partial charge in [0.25, 0.3) is 0 Å². The number of hydrogen-bond donors (Lipinski definition) is 1. The minimum Gasteiger partial charge on any atom is -0.373 e. The van der Waals surface area contributed by atoms with Crippen molar-refractivity contribution in [3.63, 3.8) is 0 Å². The minimum absolute atomic E-state index is 0. The molecule has 0 saturated carbocycles. The Morgan fingerprint density at radius 1 is 1.73 bits per heavy atom. The fourth-order valence-corrected chi connectivity index (χ4v) is 0.980. The van der Waals surface area contributed by atoms with Gasteiger partial charge in [-0.1, -0.05) is 0 Å². The van der Waals surface area contributed by atoms with E-state index in [0.29, 0.717) is 26.2 Å². The molecule has 1 aliphatic heterocycles. The molecule has 66 valence electrons. The zero-order valence-corrected chi connectivity index (χ0v) is 7.05. The van der Waals surface area contributed by atoms with E-state index in [4.69, 9.17) is 10.5 Å². The predicted molar refractivity (Wildman–Crippen MR) is 43.7 cm³/mol. The monoisotopic (exact) mass is 180 g/mol. The van der Waals surface area contributed by atoms with Crippen molar-refractivity contribution in [2.75, 3.05) is 26.2 Å². The molecule has 1 heterocycles. The number of carbonyl (C=O) groups is 1. The molecule has 0 aromatic carbocycles. The number of morpholine rings is 1. The van der Waals surface area contributed by atoms with Gasteiger partial charge < -0.3 is 15.4 Å². The normalized spacial score (nSPS) is 24.1. The Morgan fingerprint density at radius 2 is 2.45 bits per heavy atom. The molecule has 0 aromatic rings. The number of rotatable bonds is 2. The maximum absolute atomic E-state index is 10.3. The zero-order chi connectivity index (χ0) is 7.40. The molecule has 1 fully saturated rings. The van der Waals surface area contributed by atoms with E-state index in [9.17, 15) is 4.79 Å². The number of amides is 1. The molecule has 1 saturated heterocycles. The van der Waals surface area contributed by atoms with Gasteiger partial charge in [-0.2, -0.15) is 0 Å². The first-order chi connectivity index (χ1) is 4.86. The lowest BCUT2D eigenvalue weighted by molar-refractivity contribution is -0.125. The summed E-state index contributed by atoms with van der Waals surface area (Å²) in [4.78, 5) is 11.9. The molecule has 11 heavy (non-hydrogen) atoms. The summed E-state index contributed by atoms with van der Waals surface area (Å²) in [6.07, 6.45) is 0.879. The number of carbonyl (C=O) groups excluding carboxylic acids is 1. The van der Waals surface area contributed by atoms with Gasteiger partial charge in [-0.05, 0) is 0 Å². The molecule has 1 atom stereocenters. The molecule has 0 aliphatic carbocycles. The highest BCUT2D eigenvalue weighted by Gasteiger charge is 2.16. The first-order valence-electron chi connectivity index (χ1n) is 3.38. The van der Waals surface area contributed by atoms with Crippen molar-refractivity contribution in [3.8, 4) is 0 Å². The van der Waals surface area contributed by atoms with Crippen molar-refractivity contribution in [3.05, 3.63) is 0 Å². The smallest absolute Gasteiger partial charge is 0.209 e. The Kier molecular flexibility index (Phi) is 5.19. The van der Waals surface area contributed by atoms with Crippen molar-refractivity contribution in [2.45, 2.75) is 6.10 Å². The lowest BCUT2D eigenvalue weighted by Gasteiger charge is -2.29.